The second-order valence-corrected chi connectivity index (χ2v) is 4.12. The molecule has 1 heterocycles. The number of nitrogens with one attached hydrogen (secondary N) is 1. The molecule has 1 aromatic carbocycles. The first-order valence-electron chi connectivity index (χ1n) is 5.96. The van der Waals surface area contributed by atoms with Crippen molar-refractivity contribution < 1.29 is 9.84 Å². The maximum absolute atomic E-state index is 8.64. The number of fused-ring (bicyclic) bond motifs is 1. The van der Waals surface area contributed by atoms with Gasteiger partial charge in [-0.1, -0.05) is 12.1 Å². The van der Waals surface area contributed by atoms with E-state index in [-0.39, 0.29) is 6.61 Å². The van der Waals surface area contributed by atoms with Gasteiger partial charge in [0.2, 0.25) is 0 Å². The SMILES string of the molecule is OCCNCCc1ccc2c(c1)CCCO2. The van der Waals surface area contributed by atoms with Crippen molar-refractivity contribution in [3.8, 4) is 5.75 Å². The molecule has 0 saturated carbocycles. The predicted molar refractivity (Wildman–Crippen MR) is 63.9 cm³/mol. The third kappa shape index (κ3) is 2.97. The number of aliphatic hydroxyl groups excluding tert-OH is 1. The van der Waals surface area contributed by atoms with Gasteiger partial charge in [0.1, 0.15) is 5.75 Å². The lowest BCUT2D eigenvalue weighted by atomic mass is 10.0. The fraction of sp³-hybridized carbons (Fsp3) is 0.538. The van der Waals surface area contributed by atoms with E-state index in [0.29, 0.717) is 6.54 Å². The van der Waals surface area contributed by atoms with Gasteiger partial charge in [0.25, 0.3) is 0 Å². The lowest BCUT2D eigenvalue weighted by Gasteiger charge is -2.17. The van der Waals surface area contributed by atoms with Crippen LogP contribution in [0.15, 0.2) is 18.2 Å². The minimum absolute atomic E-state index is 0.206. The van der Waals surface area contributed by atoms with Gasteiger partial charge < -0.3 is 15.2 Å². The minimum atomic E-state index is 0.206. The number of hydrogen-bond acceptors (Lipinski definition) is 3. The summed E-state index contributed by atoms with van der Waals surface area (Å²) < 4.78 is 5.57. The zero-order valence-electron chi connectivity index (χ0n) is 9.54. The van der Waals surface area contributed by atoms with Crippen molar-refractivity contribution in [2.45, 2.75) is 19.3 Å². The fourth-order valence-corrected chi connectivity index (χ4v) is 2.01. The van der Waals surface area contributed by atoms with E-state index in [1.54, 1.807) is 0 Å². The number of benzene rings is 1. The fourth-order valence-electron chi connectivity index (χ4n) is 2.01. The topological polar surface area (TPSA) is 41.5 Å². The van der Waals surface area contributed by atoms with Crippen LogP contribution in [0.2, 0.25) is 0 Å². The van der Waals surface area contributed by atoms with Gasteiger partial charge >= 0.3 is 0 Å². The quantitative estimate of drug-likeness (QED) is 0.733. The van der Waals surface area contributed by atoms with Crippen LogP contribution in [0, 0.1) is 0 Å². The first-order valence-corrected chi connectivity index (χ1v) is 5.96. The largest absolute Gasteiger partial charge is 0.493 e. The van der Waals surface area contributed by atoms with Crippen LogP contribution in [0.5, 0.6) is 5.75 Å². The number of aliphatic hydroxyl groups is 1. The van der Waals surface area contributed by atoms with Crippen molar-refractivity contribution in [1.82, 2.24) is 5.32 Å². The molecule has 2 rings (SSSR count). The molecular formula is C13H19NO2. The average Bonchev–Trinajstić information content (AvgIpc) is 2.34. The molecule has 3 nitrogen and oxygen atoms in total. The van der Waals surface area contributed by atoms with Gasteiger partial charge in [0.05, 0.1) is 13.2 Å². The van der Waals surface area contributed by atoms with Crippen LogP contribution in [0.3, 0.4) is 0 Å². The molecule has 0 unspecified atom stereocenters. The highest BCUT2D eigenvalue weighted by Gasteiger charge is 2.09. The molecule has 0 radical (unpaired) electrons. The van der Waals surface area contributed by atoms with Crippen LogP contribution < -0.4 is 10.1 Å². The Morgan fingerprint density at radius 2 is 2.25 bits per heavy atom. The van der Waals surface area contributed by atoms with E-state index >= 15 is 0 Å². The van der Waals surface area contributed by atoms with Crippen molar-refractivity contribution >= 4 is 0 Å². The van der Waals surface area contributed by atoms with E-state index in [0.717, 1.165) is 38.2 Å². The summed E-state index contributed by atoms with van der Waals surface area (Å²) in [6.45, 7) is 2.65. The van der Waals surface area contributed by atoms with Gasteiger partial charge in [0, 0.05) is 6.54 Å². The van der Waals surface area contributed by atoms with Gasteiger partial charge in [-0.2, -0.15) is 0 Å². The Bertz CT molecular complexity index is 339. The smallest absolute Gasteiger partial charge is 0.122 e. The maximum Gasteiger partial charge on any atom is 0.122 e. The Hall–Kier alpha value is -1.06. The number of hydrogen-bond donors (Lipinski definition) is 2. The molecule has 0 fully saturated rings. The first kappa shape index (κ1) is 11.4. The van der Waals surface area contributed by atoms with Crippen molar-refractivity contribution in [1.29, 1.82) is 0 Å². The normalized spacial score (nSPS) is 14.3. The summed E-state index contributed by atoms with van der Waals surface area (Å²) in [5.41, 5.74) is 2.68. The van der Waals surface area contributed by atoms with E-state index in [4.69, 9.17) is 9.84 Å². The van der Waals surface area contributed by atoms with Gasteiger partial charge in [0.15, 0.2) is 0 Å². The van der Waals surface area contributed by atoms with Crippen LogP contribution in [0.4, 0.5) is 0 Å². The van der Waals surface area contributed by atoms with Crippen LogP contribution in [0.1, 0.15) is 17.5 Å². The van der Waals surface area contributed by atoms with Crippen molar-refractivity contribution in [3.05, 3.63) is 29.3 Å². The van der Waals surface area contributed by atoms with E-state index in [1.165, 1.54) is 11.1 Å². The van der Waals surface area contributed by atoms with Crippen LogP contribution in [0.25, 0.3) is 0 Å². The van der Waals surface area contributed by atoms with Gasteiger partial charge in [-0.3, -0.25) is 0 Å². The lowest BCUT2D eigenvalue weighted by Crippen LogP contribution is -2.21. The highest BCUT2D eigenvalue weighted by Crippen LogP contribution is 2.25. The third-order valence-electron chi connectivity index (χ3n) is 2.85. The second kappa shape index (κ2) is 5.87. The van der Waals surface area contributed by atoms with Gasteiger partial charge in [-0.15, -0.1) is 0 Å². The lowest BCUT2D eigenvalue weighted by molar-refractivity contribution is 0.288. The van der Waals surface area contributed by atoms with Crippen molar-refractivity contribution in [2.75, 3.05) is 26.3 Å². The molecule has 0 amide bonds. The van der Waals surface area contributed by atoms with Gasteiger partial charge in [-0.25, -0.2) is 0 Å². The first-order chi connectivity index (χ1) is 7.90. The molecular weight excluding hydrogens is 202 g/mol. The highest BCUT2D eigenvalue weighted by molar-refractivity contribution is 5.38. The van der Waals surface area contributed by atoms with Crippen LogP contribution in [-0.4, -0.2) is 31.4 Å². The Morgan fingerprint density at radius 1 is 1.31 bits per heavy atom. The Labute approximate surface area is 96.4 Å². The van der Waals surface area contributed by atoms with E-state index in [2.05, 4.69) is 23.5 Å². The molecule has 1 aliphatic rings. The van der Waals surface area contributed by atoms with Crippen molar-refractivity contribution in [2.24, 2.45) is 0 Å². The summed E-state index contributed by atoms with van der Waals surface area (Å²) in [5.74, 6) is 1.05. The third-order valence-corrected chi connectivity index (χ3v) is 2.85. The second-order valence-electron chi connectivity index (χ2n) is 4.12. The zero-order valence-corrected chi connectivity index (χ0v) is 9.54. The molecule has 3 heteroatoms. The summed E-state index contributed by atoms with van der Waals surface area (Å²) in [5, 5.41) is 11.8. The molecule has 1 aromatic rings. The molecule has 0 aliphatic carbocycles. The van der Waals surface area contributed by atoms with Gasteiger partial charge in [-0.05, 0) is 43.0 Å². The number of aryl methyl sites for hydroxylation is 1. The summed E-state index contributed by atoms with van der Waals surface area (Å²) >= 11 is 0. The molecule has 1 aliphatic heterocycles. The summed E-state index contributed by atoms with van der Waals surface area (Å²) in [4.78, 5) is 0. The average molecular weight is 221 g/mol. The molecule has 0 aromatic heterocycles. The zero-order chi connectivity index (χ0) is 11.2. The molecule has 16 heavy (non-hydrogen) atoms. The van der Waals surface area contributed by atoms with Crippen LogP contribution >= 0.6 is 0 Å². The Balaban J connectivity index is 1.90. The van der Waals surface area contributed by atoms with Crippen LogP contribution in [-0.2, 0) is 12.8 Å². The number of ether oxygens (including phenoxy) is 1. The summed E-state index contributed by atoms with van der Waals surface area (Å²) in [6.07, 6.45) is 3.26. The standard InChI is InChI=1S/C13H19NO2/c15-8-7-14-6-5-11-3-4-13-12(10-11)2-1-9-16-13/h3-4,10,14-15H,1-2,5-9H2. The minimum Gasteiger partial charge on any atom is -0.493 e. The van der Waals surface area contributed by atoms with E-state index < -0.39 is 0 Å². The summed E-state index contributed by atoms with van der Waals surface area (Å²) in [6, 6.07) is 6.45. The predicted octanol–water partition coefficient (Wildman–Crippen LogP) is 1.14. The molecule has 0 saturated heterocycles. The van der Waals surface area contributed by atoms with E-state index in [9.17, 15) is 0 Å². The molecule has 0 atom stereocenters. The number of rotatable bonds is 5. The molecule has 88 valence electrons. The van der Waals surface area contributed by atoms with Crippen molar-refractivity contribution in [3.63, 3.8) is 0 Å². The van der Waals surface area contributed by atoms with E-state index in [1.807, 2.05) is 0 Å². The maximum atomic E-state index is 8.64. The summed E-state index contributed by atoms with van der Waals surface area (Å²) in [7, 11) is 0. The molecule has 2 N–H and O–H groups in total. The Kier molecular flexibility index (Phi) is 4.19. The monoisotopic (exact) mass is 221 g/mol. The Morgan fingerprint density at radius 3 is 3.12 bits per heavy atom. The molecule has 0 bridgehead atoms. The highest BCUT2D eigenvalue weighted by atomic mass is 16.5. The molecule has 0 spiro atoms.